The molecule has 0 atom stereocenters. The van der Waals surface area contributed by atoms with Crippen LogP contribution in [-0.2, 0) is 0 Å². The number of hydrogen-bond donors (Lipinski definition) is 0. The first-order valence-corrected chi connectivity index (χ1v) is 6.70. The van der Waals surface area contributed by atoms with Crippen LogP contribution < -0.4 is 9.64 Å². The third-order valence-corrected chi connectivity index (χ3v) is 3.38. The van der Waals surface area contributed by atoms with Crippen molar-refractivity contribution in [2.45, 2.75) is 0 Å². The number of amides is 1. The molecule has 9 heteroatoms. The van der Waals surface area contributed by atoms with Gasteiger partial charge in [-0.15, -0.1) is 0 Å². The molecule has 1 amide bonds. The first-order valence-electron chi connectivity index (χ1n) is 6.70. The maximum atomic E-state index is 12.5. The fourth-order valence-electron chi connectivity index (χ4n) is 2.07. The lowest BCUT2D eigenvalue weighted by atomic mass is 10.1. The largest absolute Gasteiger partial charge is 0.497 e. The lowest BCUT2D eigenvalue weighted by molar-refractivity contribution is -0.422. The van der Waals surface area contributed by atoms with E-state index in [1.807, 2.05) is 0 Å². The van der Waals surface area contributed by atoms with Crippen molar-refractivity contribution in [3.63, 3.8) is 0 Å². The normalized spacial score (nSPS) is 10.1. The summed E-state index contributed by atoms with van der Waals surface area (Å²) in [4.78, 5) is 33.8. The Balaban J connectivity index is 2.36. The average molecular weight is 331 g/mol. The van der Waals surface area contributed by atoms with Gasteiger partial charge in [0.15, 0.2) is 0 Å². The molecule has 0 aliphatic heterocycles. The molecule has 124 valence electrons. The van der Waals surface area contributed by atoms with E-state index in [-0.39, 0.29) is 5.56 Å². The van der Waals surface area contributed by atoms with E-state index in [2.05, 4.69) is 0 Å². The minimum absolute atomic E-state index is 0.0226. The zero-order valence-corrected chi connectivity index (χ0v) is 12.8. The summed E-state index contributed by atoms with van der Waals surface area (Å²) in [7, 11) is 3.01. The lowest BCUT2D eigenvalue weighted by Crippen LogP contribution is -2.26. The molecule has 0 radical (unpaired) electrons. The van der Waals surface area contributed by atoms with Crippen molar-refractivity contribution in [3.8, 4) is 5.75 Å². The second-order valence-electron chi connectivity index (χ2n) is 4.78. The van der Waals surface area contributed by atoms with Gasteiger partial charge in [-0.2, -0.15) is 0 Å². The Morgan fingerprint density at radius 3 is 2.08 bits per heavy atom. The van der Waals surface area contributed by atoms with Crippen LogP contribution in [0.2, 0.25) is 0 Å². The Morgan fingerprint density at radius 2 is 1.58 bits per heavy atom. The summed E-state index contributed by atoms with van der Waals surface area (Å²) in [5.74, 6) is 0.0868. The molecule has 0 N–H and O–H groups in total. The van der Waals surface area contributed by atoms with Crippen molar-refractivity contribution >= 4 is 23.0 Å². The van der Waals surface area contributed by atoms with Gasteiger partial charge in [-0.05, 0) is 30.3 Å². The van der Waals surface area contributed by atoms with Crippen LogP contribution in [0.1, 0.15) is 10.4 Å². The molecule has 0 bridgehead atoms. The van der Waals surface area contributed by atoms with E-state index >= 15 is 0 Å². The highest BCUT2D eigenvalue weighted by molar-refractivity contribution is 6.06. The Bertz CT molecular complexity index is 803. The second kappa shape index (κ2) is 6.73. The summed E-state index contributed by atoms with van der Waals surface area (Å²) in [5, 5.41) is 21.8. The van der Waals surface area contributed by atoms with Crippen molar-refractivity contribution in [2.24, 2.45) is 0 Å². The summed E-state index contributed by atoms with van der Waals surface area (Å²) in [5.41, 5.74) is -0.870. The van der Waals surface area contributed by atoms with Gasteiger partial charge in [0.25, 0.3) is 5.91 Å². The van der Waals surface area contributed by atoms with Crippen LogP contribution in [0.5, 0.6) is 5.75 Å². The van der Waals surface area contributed by atoms with E-state index in [0.717, 1.165) is 12.1 Å². The van der Waals surface area contributed by atoms with Crippen molar-refractivity contribution in [1.82, 2.24) is 0 Å². The molecule has 2 aromatic rings. The molecule has 2 aromatic carbocycles. The molecule has 0 aliphatic carbocycles. The molecular formula is C15H13N3O6. The van der Waals surface area contributed by atoms with Gasteiger partial charge in [-0.25, -0.2) is 0 Å². The minimum Gasteiger partial charge on any atom is -0.497 e. The molecule has 0 aliphatic rings. The van der Waals surface area contributed by atoms with E-state index in [4.69, 9.17) is 4.74 Å². The molecular weight excluding hydrogens is 318 g/mol. The van der Waals surface area contributed by atoms with Crippen LogP contribution in [0.15, 0.2) is 42.5 Å². The predicted octanol–water partition coefficient (Wildman–Crippen LogP) is 2.79. The van der Waals surface area contributed by atoms with Gasteiger partial charge in [0, 0.05) is 30.4 Å². The van der Waals surface area contributed by atoms with Crippen molar-refractivity contribution in [1.29, 1.82) is 0 Å². The van der Waals surface area contributed by atoms with Crippen LogP contribution in [0.3, 0.4) is 0 Å². The van der Waals surface area contributed by atoms with E-state index in [0.29, 0.717) is 11.4 Å². The fourth-order valence-corrected chi connectivity index (χ4v) is 2.07. The number of nitro benzene ring substituents is 2. The number of hydrogen-bond acceptors (Lipinski definition) is 6. The third-order valence-electron chi connectivity index (χ3n) is 3.38. The lowest BCUT2D eigenvalue weighted by Gasteiger charge is -2.17. The van der Waals surface area contributed by atoms with Gasteiger partial charge in [-0.1, -0.05) is 0 Å². The molecule has 24 heavy (non-hydrogen) atoms. The molecule has 0 saturated carbocycles. The third kappa shape index (κ3) is 3.29. The van der Waals surface area contributed by atoms with Crippen LogP contribution in [0.25, 0.3) is 0 Å². The molecule has 0 heterocycles. The zero-order valence-electron chi connectivity index (χ0n) is 12.8. The summed E-state index contributed by atoms with van der Waals surface area (Å²) >= 11 is 0. The topological polar surface area (TPSA) is 116 Å². The van der Waals surface area contributed by atoms with Gasteiger partial charge in [0.2, 0.25) is 0 Å². The van der Waals surface area contributed by atoms with E-state index < -0.39 is 27.1 Å². The van der Waals surface area contributed by atoms with Crippen molar-refractivity contribution < 1.29 is 19.4 Å². The molecule has 0 fully saturated rings. The Hall–Kier alpha value is -3.49. The van der Waals surface area contributed by atoms with Crippen LogP contribution >= 0.6 is 0 Å². The summed E-state index contributed by atoms with van der Waals surface area (Å²) in [6.07, 6.45) is 0. The van der Waals surface area contributed by atoms with Crippen LogP contribution in [0.4, 0.5) is 17.1 Å². The number of benzene rings is 2. The van der Waals surface area contributed by atoms with Crippen molar-refractivity contribution in [3.05, 3.63) is 68.3 Å². The number of methoxy groups -OCH3 is 1. The molecule has 0 saturated heterocycles. The van der Waals surface area contributed by atoms with Gasteiger partial charge < -0.3 is 9.64 Å². The first kappa shape index (κ1) is 16.9. The van der Waals surface area contributed by atoms with Crippen molar-refractivity contribution in [2.75, 3.05) is 19.1 Å². The van der Waals surface area contributed by atoms with Gasteiger partial charge in [-0.3, -0.25) is 25.0 Å². The maximum absolute atomic E-state index is 12.5. The number of anilines is 1. The highest BCUT2D eigenvalue weighted by Gasteiger charge is 2.26. The monoisotopic (exact) mass is 331 g/mol. The predicted molar refractivity (Wildman–Crippen MR) is 85.5 cm³/mol. The number of nitro groups is 2. The SMILES string of the molecule is COc1ccc(N(C)C(=O)c2ccc([N+](=O)[O-])c([N+](=O)[O-])c2)cc1. The average Bonchev–Trinajstić information content (AvgIpc) is 2.59. The van der Waals surface area contributed by atoms with E-state index in [1.165, 1.54) is 25.1 Å². The molecule has 9 nitrogen and oxygen atoms in total. The molecule has 0 aromatic heterocycles. The summed E-state index contributed by atoms with van der Waals surface area (Å²) in [6.45, 7) is 0. The summed E-state index contributed by atoms with van der Waals surface area (Å²) < 4.78 is 5.03. The first-order chi connectivity index (χ1) is 11.3. The number of carbonyl (C=O) groups excluding carboxylic acids is 1. The summed E-state index contributed by atoms with van der Waals surface area (Å²) in [6, 6.07) is 9.67. The minimum atomic E-state index is -0.887. The number of ether oxygens (including phenoxy) is 1. The van der Waals surface area contributed by atoms with Gasteiger partial charge in [0.05, 0.1) is 17.0 Å². The number of rotatable bonds is 5. The Kier molecular flexibility index (Phi) is 4.73. The standard InChI is InChI=1S/C15H13N3O6/c1-16(11-4-6-12(24-2)7-5-11)15(19)10-3-8-13(17(20)21)14(9-10)18(22)23/h3-9H,1-2H3. The quantitative estimate of drug-likeness (QED) is 0.614. The number of nitrogens with zero attached hydrogens (tertiary/aromatic N) is 3. The maximum Gasteiger partial charge on any atom is 0.346 e. The smallest absolute Gasteiger partial charge is 0.346 e. The zero-order chi connectivity index (χ0) is 17.9. The van der Waals surface area contributed by atoms with Crippen LogP contribution in [0, 0.1) is 20.2 Å². The highest BCUT2D eigenvalue weighted by atomic mass is 16.6. The fraction of sp³-hybridized carbons (Fsp3) is 0.133. The van der Waals surface area contributed by atoms with Gasteiger partial charge >= 0.3 is 11.4 Å². The van der Waals surface area contributed by atoms with Crippen LogP contribution in [-0.4, -0.2) is 29.9 Å². The Labute approximate surface area is 136 Å². The molecule has 2 rings (SSSR count). The van der Waals surface area contributed by atoms with E-state index in [1.54, 1.807) is 24.3 Å². The van der Waals surface area contributed by atoms with Gasteiger partial charge in [0.1, 0.15) is 5.75 Å². The second-order valence-corrected chi connectivity index (χ2v) is 4.78. The number of carbonyl (C=O) groups is 1. The Morgan fingerprint density at radius 1 is 1.00 bits per heavy atom. The van der Waals surface area contributed by atoms with E-state index in [9.17, 15) is 25.0 Å². The molecule has 0 unspecified atom stereocenters. The highest BCUT2D eigenvalue weighted by Crippen LogP contribution is 2.28. The molecule has 0 spiro atoms.